The topological polar surface area (TPSA) is 93.1 Å². The average molecular weight is 451 g/mol. The van der Waals surface area contributed by atoms with Crippen molar-refractivity contribution in [3.8, 4) is 0 Å². The Morgan fingerprint density at radius 3 is 2.81 bits per heavy atom. The number of ketones is 1. The van der Waals surface area contributed by atoms with Crippen molar-refractivity contribution in [2.45, 2.75) is 50.9 Å². The molecule has 0 radical (unpaired) electrons. The van der Waals surface area contributed by atoms with Crippen molar-refractivity contribution < 1.29 is 29.3 Å². The molecule has 1 aromatic carbocycles. The summed E-state index contributed by atoms with van der Waals surface area (Å²) in [5.74, 6) is 1.01. The molecule has 31 heavy (non-hydrogen) atoms. The van der Waals surface area contributed by atoms with Crippen molar-refractivity contribution in [3.05, 3.63) is 47.5 Å². The Labute approximate surface area is 189 Å². The first-order chi connectivity index (χ1) is 14.9. The zero-order valence-corrected chi connectivity index (χ0v) is 19.2. The Balaban J connectivity index is 1.83. The molecule has 2 rings (SSSR count). The van der Waals surface area contributed by atoms with E-state index in [9.17, 15) is 19.8 Å². The number of hydrogen-bond donors (Lipinski definition) is 2. The molecule has 0 amide bonds. The van der Waals surface area contributed by atoms with E-state index < -0.39 is 12.2 Å². The summed E-state index contributed by atoms with van der Waals surface area (Å²) in [6.45, 7) is 0.526. The zero-order chi connectivity index (χ0) is 22.6. The van der Waals surface area contributed by atoms with E-state index in [4.69, 9.17) is 4.74 Å². The smallest absolute Gasteiger partial charge is 0.305 e. The number of thioether (sulfide) groups is 1. The third kappa shape index (κ3) is 8.77. The first-order valence-electron chi connectivity index (χ1n) is 10.7. The molecule has 0 spiro atoms. The molecule has 0 aromatic heterocycles. The maximum atomic E-state index is 12.3. The number of aliphatic hydroxyl groups is 2. The number of rotatable bonds is 13. The van der Waals surface area contributed by atoms with E-state index >= 15 is 0 Å². The number of ether oxygens (including phenoxy) is 2. The Morgan fingerprint density at radius 2 is 2.06 bits per heavy atom. The van der Waals surface area contributed by atoms with Gasteiger partial charge in [-0.15, -0.1) is 0 Å². The van der Waals surface area contributed by atoms with Gasteiger partial charge in [0.05, 0.1) is 25.9 Å². The van der Waals surface area contributed by atoms with Gasteiger partial charge >= 0.3 is 5.97 Å². The van der Waals surface area contributed by atoms with Crippen LogP contribution in [0.4, 0.5) is 0 Å². The molecule has 4 atom stereocenters. The summed E-state index contributed by atoms with van der Waals surface area (Å²) in [6, 6.07) is 7.89. The molecule has 1 saturated carbocycles. The first kappa shape index (κ1) is 25.6. The van der Waals surface area contributed by atoms with Crippen molar-refractivity contribution >= 4 is 23.5 Å². The highest BCUT2D eigenvalue weighted by atomic mass is 32.2. The molecule has 1 aromatic rings. The summed E-state index contributed by atoms with van der Waals surface area (Å²) < 4.78 is 9.77. The number of carbonyl (C=O) groups is 2. The summed E-state index contributed by atoms with van der Waals surface area (Å²) in [5, 5.41) is 20.8. The summed E-state index contributed by atoms with van der Waals surface area (Å²) in [7, 11) is 3.03. The third-order valence-corrected chi connectivity index (χ3v) is 6.61. The van der Waals surface area contributed by atoms with E-state index in [0.29, 0.717) is 25.9 Å². The second-order valence-corrected chi connectivity index (χ2v) is 9.14. The number of carbonyl (C=O) groups excluding carboxylic acids is 2. The molecule has 6 nitrogen and oxygen atoms in total. The van der Waals surface area contributed by atoms with Gasteiger partial charge in [-0.1, -0.05) is 36.4 Å². The van der Waals surface area contributed by atoms with Crippen molar-refractivity contribution in [1.82, 2.24) is 0 Å². The summed E-state index contributed by atoms with van der Waals surface area (Å²) >= 11 is 1.70. The molecule has 7 heteroatoms. The fourth-order valence-corrected chi connectivity index (χ4v) is 4.88. The van der Waals surface area contributed by atoms with E-state index in [1.807, 2.05) is 30.3 Å². The van der Waals surface area contributed by atoms with Gasteiger partial charge in [0.1, 0.15) is 5.78 Å². The van der Waals surface area contributed by atoms with Gasteiger partial charge in [0.2, 0.25) is 0 Å². The van der Waals surface area contributed by atoms with Crippen LogP contribution in [0.1, 0.15) is 36.8 Å². The van der Waals surface area contributed by atoms with Gasteiger partial charge in [-0.2, -0.15) is 11.8 Å². The monoisotopic (exact) mass is 450 g/mol. The third-order valence-electron chi connectivity index (χ3n) is 5.51. The maximum Gasteiger partial charge on any atom is 0.305 e. The van der Waals surface area contributed by atoms with Crippen LogP contribution in [0.3, 0.4) is 0 Å². The standard InChI is InChI=1S/C24H34O6S/c1-29-16-18-6-3-5-17(13-18)14-19(25)8-9-20-21(23(27)15-22(20)26)10-12-31-11-4-7-24(28)30-2/h3,5-6,8-9,13,19-22,25-26H,4,7,10-12,14-16H2,1-2H3/b9-8+/t19-,20-,21?,22-/m1/s1. The lowest BCUT2D eigenvalue weighted by Gasteiger charge is -2.18. The van der Waals surface area contributed by atoms with Gasteiger partial charge in [-0.25, -0.2) is 0 Å². The van der Waals surface area contributed by atoms with Crippen molar-refractivity contribution in [3.63, 3.8) is 0 Å². The van der Waals surface area contributed by atoms with E-state index in [2.05, 4.69) is 4.74 Å². The van der Waals surface area contributed by atoms with Crippen LogP contribution >= 0.6 is 11.8 Å². The van der Waals surface area contributed by atoms with Crippen LogP contribution in [-0.2, 0) is 32.1 Å². The van der Waals surface area contributed by atoms with E-state index in [0.717, 1.165) is 29.1 Å². The number of methoxy groups -OCH3 is 2. The molecule has 2 N–H and O–H groups in total. The number of aliphatic hydroxyl groups excluding tert-OH is 2. The average Bonchev–Trinajstić information content (AvgIpc) is 3.01. The van der Waals surface area contributed by atoms with Crippen molar-refractivity contribution in [2.75, 3.05) is 25.7 Å². The molecular weight excluding hydrogens is 416 g/mol. The van der Waals surface area contributed by atoms with Crippen LogP contribution in [0.15, 0.2) is 36.4 Å². The van der Waals surface area contributed by atoms with Crippen molar-refractivity contribution in [1.29, 1.82) is 0 Å². The Kier molecular flexibility index (Phi) is 11.3. The molecule has 1 unspecified atom stereocenters. The van der Waals surface area contributed by atoms with Crippen LogP contribution in [-0.4, -0.2) is 59.9 Å². The Morgan fingerprint density at radius 1 is 1.29 bits per heavy atom. The first-order valence-corrected chi connectivity index (χ1v) is 11.9. The highest BCUT2D eigenvalue weighted by molar-refractivity contribution is 7.99. The number of hydrogen-bond acceptors (Lipinski definition) is 7. The lowest BCUT2D eigenvalue weighted by atomic mass is 9.91. The van der Waals surface area contributed by atoms with Gasteiger partial charge in [-0.05, 0) is 35.5 Å². The minimum absolute atomic E-state index is 0.0825. The SMILES string of the molecule is COCc1cccc(C[C@H](O)/C=C/[C@@H]2C(CCSCCCC(=O)OC)C(=O)C[C@H]2O)c1. The van der Waals surface area contributed by atoms with E-state index in [-0.39, 0.29) is 30.0 Å². The van der Waals surface area contributed by atoms with Gasteiger partial charge in [0, 0.05) is 38.2 Å². The highest BCUT2D eigenvalue weighted by Crippen LogP contribution is 2.34. The molecule has 0 bridgehead atoms. The van der Waals surface area contributed by atoms with Crippen LogP contribution < -0.4 is 0 Å². The summed E-state index contributed by atoms with van der Waals surface area (Å²) in [5.41, 5.74) is 2.06. The van der Waals surface area contributed by atoms with Crippen LogP contribution in [0, 0.1) is 11.8 Å². The normalized spacial score (nSPS) is 22.2. The lowest BCUT2D eigenvalue weighted by Crippen LogP contribution is -2.20. The molecule has 172 valence electrons. The second-order valence-electron chi connectivity index (χ2n) is 7.91. The second kappa shape index (κ2) is 13.7. The van der Waals surface area contributed by atoms with Gasteiger partial charge in [0.15, 0.2) is 0 Å². The highest BCUT2D eigenvalue weighted by Gasteiger charge is 2.39. The fourth-order valence-electron chi connectivity index (χ4n) is 3.90. The molecule has 1 fully saturated rings. The van der Waals surface area contributed by atoms with Crippen LogP contribution in [0.25, 0.3) is 0 Å². The number of esters is 1. The van der Waals surface area contributed by atoms with Gasteiger partial charge in [-0.3, -0.25) is 9.59 Å². The Bertz CT molecular complexity index is 735. The fraction of sp³-hybridized carbons (Fsp3) is 0.583. The Hall–Kier alpha value is -1.67. The minimum atomic E-state index is -0.699. The number of Topliss-reactive ketones (excluding diaryl/α,β-unsaturated/α-hetero) is 1. The van der Waals surface area contributed by atoms with Crippen LogP contribution in [0.2, 0.25) is 0 Å². The quantitative estimate of drug-likeness (QED) is 0.271. The van der Waals surface area contributed by atoms with E-state index in [1.165, 1.54) is 7.11 Å². The number of benzene rings is 1. The summed E-state index contributed by atoms with van der Waals surface area (Å²) in [6.07, 6.45) is 4.60. The molecule has 0 saturated heterocycles. The largest absolute Gasteiger partial charge is 0.469 e. The zero-order valence-electron chi connectivity index (χ0n) is 18.4. The maximum absolute atomic E-state index is 12.3. The van der Waals surface area contributed by atoms with Gasteiger partial charge < -0.3 is 19.7 Å². The molecular formula is C24H34O6S. The molecule has 0 aliphatic heterocycles. The lowest BCUT2D eigenvalue weighted by molar-refractivity contribution is -0.140. The minimum Gasteiger partial charge on any atom is -0.469 e. The van der Waals surface area contributed by atoms with Gasteiger partial charge in [0.25, 0.3) is 0 Å². The predicted molar refractivity (Wildman–Crippen MR) is 122 cm³/mol. The van der Waals surface area contributed by atoms with Crippen LogP contribution in [0.5, 0.6) is 0 Å². The van der Waals surface area contributed by atoms with Crippen molar-refractivity contribution in [2.24, 2.45) is 11.8 Å². The summed E-state index contributed by atoms with van der Waals surface area (Å²) in [4.78, 5) is 23.5. The molecule has 1 aliphatic carbocycles. The molecule has 1 aliphatic rings. The predicted octanol–water partition coefficient (Wildman–Crippen LogP) is 2.94. The molecule has 0 heterocycles. The van der Waals surface area contributed by atoms with E-state index in [1.54, 1.807) is 24.9 Å².